The fourth-order valence-corrected chi connectivity index (χ4v) is 6.71. The SMILES string of the molecule is CC(C)(C)Cc1ccnc(-c2[c-]ccc3c2oc2ccccc23)c1.Cc1cnc(-c2[c-]ccc(-c3ccccc3)c2)cc1C(C)c1ccccc1.[Ir]. The van der Waals surface area contributed by atoms with Gasteiger partial charge in [0.1, 0.15) is 5.58 Å². The molecular formula is C48H42IrN2O-2. The molecule has 0 saturated heterocycles. The molecule has 1 unspecified atom stereocenters. The Morgan fingerprint density at radius 3 is 2.17 bits per heavy atom. The fraction of sp³-hybridized carbons (Fsp3) is 0.167. The quantitative estimate of drug-likeness (QED) is 0.156. The normalized spacial score (nSPS) is 11.8. The summed E-state index contributed by atoms with van der Waals surface area (Å²) in [6.45, 7) is 11.1. The van der Waals surface area contributed by atoms with Gasteiger partial charge in [0, 0.05) is 43.8 Å². The maximum Gasteiger partial charge on any atom is 0.120 e. The minimum atomic E-state index is 0. The Hall–Kier alpha value is -5.15. The monoisotopic (exact) mass is 855 g/mol. The molecule has 0 aliphatic rings. The summed E-state index contributed by atoms with van der Waals surface area (Å²) in [5, 5.41) is 2.25. The van der Waals surface area contributed by atoms with Crippen molar-refractivity contribution in [1.29, 1.82) is 0 Å². The first-order valence-corrected chi connectivity index (χ1v) is 17.6. The number of hydrogen-bond donors (Lipinski definition) is 0. The number of pyridine rings is 2. The van der Waals surface area contributed by atoms with Crippen molar-refractivity contribution in [2.45, 2.75) is 47.0 Å². The summed E-state index contributed by atoms with van der Waals surface area (Å²) < 4.78 is 6.11. The molecular weight excluding hydrogens is 813 g/mol. The molecule has 0 bridgehead atoms. The number of hydrogen-bond acceptors (Lipinski definition) is 3. The molecule has 1 atom stereocenters. The van der Waals surface area contributed by atoms with E-state index in [1.54, 1.807) is 0 Å². The first-order chi connectivity index (χ1) is 24.7. The molecule has 5 aromatic carbocycles. The second-order valence-electron chi connectivity index (χ2n) is 14.4. The molecule has 4 heteroatoms. The maximum absolute atomic E-state index is 6.11. The Labute approximate surface area is 321 Å². The van der Waals surface area contributed by atoms with Crippen molar-refractivity contribution in [3.63, 3.8) is 0 Å². The summed E-state index contributed by atoms with van der Waals surface area (Å²) in [5.74, 6) is 0.324. The minimum Gasteiger partial charge on any atom is -0.501 e. The number of furan rings is 1. The van der Waals surface area contributed by atoms with E-state index in [4.69, 9.17) is 4.42 Å². The van der Waals surface area contributed by atoms with E-state index < -0.39 is 0 Å². The number of aryl methyl sites for hydroxylation is 1. The average molecular weight is 855 g/mol. The van der Waals surface area contributed by atoms with Crippen molar-refractivity contribution in [2.24, 2.45) is 5.41 Å². The number of benzene rings is 5. The largest absolute Gasteiger partial charge is 0.501 e. The summed E-state index contributed by atoms with van der Waals surface area (Å²) in [6.07, 6.45) is 4.87. The first kappa shape index (κ1) is 36.6. The van der Waals surface area contributed by atoms with Gasteiger partial charge >= 0.3 is 0 Å². The molecule has 0 spiro atoms. The molecule has 0 N–H and O–H groups in total. The molecule has 52 heavy (non-hydrogen) atoms. The van der Waals surface area contributed by atoms with Crippen LogP contribution in [0.3, 0.4) is 0 Å². The van der Waals surface area contributed by atoms with Gasteiger partial charge in [-0.1, -0.05) is 135 Å². The van der Waals surface area contributed by atoms with Crippen LogP contribution in [0, 0.1) is 24.5 Å². The molecule has 0 amide bonds. The molecule has 0 fully saturated rings. The van der Waals surface area contributed by atoms with Crippen LogP contribution in [0.1, 0.15) is 55.9 Å². The van der Waals surface area contributed by atoms with Crippen molar-refractivity contribution < 1.29 is 24.5 Å². The van der Waals surface area contributed by atoms with Crippen molar-refractivity contribution in [3.05, 3.63) is 180 Å². The molecule has 3 nitrogen and oxygen atoms in total. The number of rotatable bonds is 6. The van der Waals surface area contributed by atoms with E-state index in [0.29, 0.717) is 5.92 Å². The zero-order chi connectivity index (χ0) is 35.4. The average Bonchev–Trinajstić information content (AvgIpc) is 3.54. The Morgan fingerprint density at radius 1 is 0.692 bits per heavy atom. The van der Waals surface area contributed by atoms with Gasteiger partial charge in [0.15, 0.2) is 0 Å². The Bertz CT molecular complexity index is 2410. The third-order valence-electron chi connectivity index (χ3n) is 9.25. The van der Waals surface area contributed by atoms with Crippen LogP contribution in [0.25, 0.3) is 55.6 Å². The Morgan fingerprint density at radius 2 is 1.40 bits per heavy atom. The second kappa shape index (κ2) is 16.0. The summed E-state index contributed by atoms with van der Waals surface area (Å²) in [7, 11) is 0. The summed E-state index contributed by atoms with van der Waals surface area (Å²) in [5.41, 5.74) is 13.4. The van der Waals surface area contributed by atoms with Crippen molar-refractivity contribution in [3.8, 4) is 33.6 Å². The Kier molecular flexibility index (Phi) is 11.3. The van der Waals surface area contributed by atoms with E-state index in [1.165, 1.54) is 33.4 Å². The number of nitrogens with zero attached hydrogens (tertiary/aromatic N) is 2. The van der Waals surface area contributed by atoms with Crippen LogP contribution in [-0.2, 0) is 26.5 Å². The predicted octanol–water partition coefficient (Wildman–Crippen LogP) is 12.7. The topological polar surface area (TPSA) is 38.9 Å². The fourth-order valence-electron chi connectivity index (χ4n) is 6.71. The molecule has 3 aromatic heterocycles. The standard InChI is InChI=1S/C26H22N.C22H20NO.Ir/c1-19-18-27-26(17-25(19)20(2)21-10-5-3-6-11-21)24-15-9-14-23(16-24)22-12-7-4-8-13-22;1-22(2,3)14-15-11-12-23-19(13-15)18-9-6-8-17-16-7-4-5-10-20(16)24-21(17)18;/h3-14,16-18,20H,1-2H3;4-8,10-13H,14H2,1-3H3;/q2*-1;. The van der Waals surface area contributed by atoms with Crippen LogP contribution >= 0.6 is 0 Å². The molecule has 0 saturated carbocycles. The zero-order valence-electron chi connectivity index (χ0n) is 30.3. The van der Waals surface area contributed by atoms with Gasteiger partial charge in [-0.25, -0.2) is 0 Å². The van der Waals surface area contributed by atoms with Crippen molar-refractivity contribution in [1.82, 2.24) is 9.97 Å². The van der Waals surface area contributed by atoms with E-state index in [2.05, 4.69) is 154 Å². The molecule has 0 aliphatic carbocycles. The van der Waals surface area contributed by atoms with Gasteiger partial charge < -0.3 is 14.4 Å². The molecule has 3 heterocycles. The van der Waals surface area contributed by atoms with Gasteiger partial charge in [0.25, 0.3) is 0 Å². The molecule has 8 rings (SSSR count). The van der Waals surface area contributed by atoms with Crippen LogP contribution in [0.5, 0.6) is 0 Å². The maximum atomic E-state index is 6.11. The zero-order valence-corrected chi connectivity index (χ0v) is 32.7. The van der Waals surface area contributed by atoms with Gasteiger partial charge in [-0.05, 0) is 64.5 Å². The van der Waals surface area contributed by atoms with E-state index in [9.17, 15) is 0 Å². The van der Waals surface area contributed by atoms with E-state index in [-0.39, 0.29) is 25.5 Å². The van der Waals surface area contributed by atoms with Crippen LogP contribution in [-0.4, -0.2) is 9.97 Å². The van der Waals surface area contributed by atoms with E-state index in [0.717, 1.165) is 50.9 Å². The van der Waals surface area contributed by atoms with Gasteiger partial charge in [-0.15, -0.1) is 53.6 Å². The van der Waals surface area contributed by atoms with E-state index >= 15 is 0 Å². The molecule has 1 radical (unpaired) electrons. The van der Waals surface area contributed by atoms with Crippen LogP contribution in [0.15, 0.2) is 150 Å². The number of aromatic nitrogens is 2. The predicted molar refractivity (Wildman–Crippen MR) is 212 cm³/mol. The number of fused-ring (bicyclic) bond motifs is 3. The molecule has 261 valence electrons. The van der Waals surface area contributed by atoms with E-state index in [1.807, 2.05) is 48.8 Å². The van der Waals surface area contributed by atoms with Crippen LogP contribution < -0.4 is 0 Å². The summed E-state index contributed by atoms with van der Waals surface area (Å²) in [6, 6.07) is 52.6. The van der Waals surface area contributed by atoms with Gasteiger partial charge in [0.2, 0.25) is 0 Å². The number of para-hydroxylation sites is 1. The summed E-state index contributed by atoms with van der Waals surface area (Å²) >= 11 is 0. The first-order valence-electron chi connectivity index (χ1n) is 17.6. The minimum absolute atomic E-state index is 0. The third kappa shape index (κ3) is 8.31. The van der Waals surface area contributed by atoms with Crippen molar-refractivity contribution in [2.75, 3.05) is 0 Å². The second-order valence-corrected chi connectivity index (χ2v) is 14.4. The summed E-state index contributed by atoms with van der Waals surface area (Å²) in [4.78, 5) is 9.26. The molecule has 0 aliphatic heterocycles. The smallest absolute Gasteiger partial charge is 0.120 e. The van der Waals surface area contributed by atoms with Crippen LogP contribution in [0.4, 0.5) is 0 Å². The van der Waals surface area contributed by atoms with Gasteiger partial charge in [-0.3, -0.25) is 0 Å². The van der Waals surface area contributed by atoms with Gasteiger partial charge in [0.05, 0.1) is 5.58 Å². The van der Waals surface area contributed by atoms with Crippen molar-refractivity contribution >= 4 is 21.9 Å². The van der Waals surface area contributed by atoms with Gasteiger partial charge in [-0.2, -0.15) is 0 Å². The molecule has 8 aromatic rings. The van der Waals surface area contributed by atoms with Crippen LogP contribution in [0.2, 0.25) is 0 Å². The third-order valence-corrected chi connectivity index (χ3v) is 9.25. The Balaban J connectivity index is 0.000000176.